The second kappa shape index (κ2) is 6.48. The summed E-state index contributed by atoms with van der Waals surface area (Å²) >= 11 is 0. The lowest BCUT2D eigenvalue weighted by molar-refractivity contribution is -0.298. The lowest BCUT2D eigenvalue weighted by Crippen LogP contribution is -2.60. The number of carbonyl (C=O) groups excluding carboxylic acids is 1. The predicted molar refractivity (Wildman–Crippen MR) is 95.2 cm³/mol. The molecule has 5 heteroatoms. The van der Waals surface area contributed by atoms with E-state index < -0.39 is 41.9 Å². The van der Waals surface area contributed by atoms with Gasteiger partial charge in [0, 0.05) is 18.3 Å². The minimum absolute atomic E-state index is 0.00168. The second-order valence-electron chi connectivity index (χ2n) is 7.78. The fraction of sp³-hybridized carbons (Fsp3) is 0.409. The van der Waals surface area contributed by atoms with Gasteiger partial charge in [-0.1, -0.05) is 60.7 Å². The van der Waals surface area contributed by atoms with Crippen LogP contribution < -0.4 is 0 Å². The number of Topliss-reactive ketones (excluding diaryl/α,β-unsaturated/α-hetero) is 1. The van der Waals surface area contributed by atoms with E-state index in [1.165, 1.54) is 0 Å². The SMILES string of the molecule is O=C1C[C@@H](c2ccccc2)[C@H]2C[C@@H]1[C@H](c1ccccc1)C[C@]2(O)C(F)(F)F. The van der Waals surface area contributed by atoms with Crippen molar-refractivity contribution in [3.63, 3.8) is 0 Å². The molecule has 2 aliphatic rings. The summed E-state index contributed by atoms with van der Waals surface area (Å²) in [4.78, 5) is 12.9. The molecule has 4 rings (SSSR count). The zero-order valence-corrected chi connectivity index (χ0v) is 14.7. The highest BCUT2D eigenvalue weighted by molar-refractivity contribution is 5.84. The Balaban J connectivity index is 1.78. The molecule has 27 heavy (non-hydrogen) atoms. The van der Waals surface area contributed by atoms with Crippen LogP contribution >= 0.6 is 0 Å². The molecule has 2 aromatic rings. The van der Waals surface area contributed by atoms with E-state index in [2.05, 4.69) is 0 Å². The first-order chi connectivity index (χ1) is 12.8. The molecule has 0 unspecified atom stereocenters. The summed E-state index contributed by atoms with van der Waals surface area (Å²) in [5, 5.41) is 10.9. The number of ketones is 1. The van der Waals surface area contributed by atoms with Crippen LogP contribution in [0, 0.1) is 11.8 Å². The van der Waals surface area contributed by atoms with Crippen molar-refractivity contribution in [3.05, 3.63) is 71.8 Å². The summed E-state index contributed by atoms with van der Waals surface area (Å²) in [6, 6.07) is 17.6. The smallest absolute Gasteiger partial charge is 0.380 e. The topological polar surface area (TPSA) is 37.3 Å². The van der Waals surface area contributed by atoms with Crippen LogP contribution in [0.1, 0.15) is 42.2 Å². The quantitative estimate of drug-likeness (QED) is 0.816. The Hall–Kier alpha value is -2.14. The van der Waals surface area contributed by atoms with Crippen LogP contribution in [0.4, 0.5) is 13.2 Å². The summed E-state index contributed by atoms with van der Waals surface area (Å²) < 4.78 is 42.2. The minimum Gasteiger partial charge on any atom is -0.380 e. The van der Waals surface area contributed by atoms with E-state index >= 15 is 0 Å². The van der Waals surface area contributed by atoms with E-state index in [-0.39, 0.29) is 18.6 Å². The van der Waals surface area contributed by atoms with E-state index in [4.69, 9.17) is 0 Å². The summed E-state index contributed by atoms with van der Waals surface area (Å²) in [6.07, 6.45) is -5.11. The van der Waals surface area contributed by atoms with Gasteiger partial charge in [-0.25, -0.2) is 0 Å². The van der Waals surface area contributed by atoms with Gasteiger partial charge in [0.25, 0.3) is 0 Å². The van der Waals surface area contributed by atoms with E-state index in [9.17, 15) is 23.1 Å². The van der Waals surface area contributed by atoms with Gasteiger partial charge in [0.15, 0.2) is 5.60 Å². The first-order valence-electron chi connectivity index (χ1n) is 9.23. The molecule has 2 bridgehead atoms. The average molecular weight is 374 g/mol. The molecule has 2 fully saturated rings. The monoisotopic (exact) mass is 374 g/mol. The summed E-state index contributed by atoms with van der Waals surface area (Å²) in [5.74, 6) is -2.71. The Morgan fingerprint density at radius 2 is 1.37 bits per heavy atom. The highest BCUT2D eigenvalue weighted by Gasteiger charge is 2.66. The number of alkyl halides is 3. The molecule has 2 saturated carbocycles. The lowest BCUT2D eigenvalue weighted by atomic mass is 9.53. The third-order valence-corrected chi connectivity index (χ3v) is 6.40. The van der Waals surface area contributed by atoms with Crippen molar-refractivity contribution in [2.45, 2.75) is 42.9 Å². The van der Waals surface area contributed by atoms with Gasteiger partial charge in [0.1, 0.15) is 5.78 Å². The normalized spacial score (nSPS) is 33.7. The zero-order valence-electron chi connectivity index (χ0n) is 14.7. The lowest BCUT2D eigenvalue weighted by Gasteiger charge is -2.53. The van der Waals surface area contributed by atoms with E-state index in [0.29, 0.717) is 11.1 Å². The molecule has 0 saturated heterocycles. The van der Waals surface area contributed by atoms with E-state index in [0.717, 1.165) is 0 Å². The standard InChI is InChI=1S/C22H21F3O2/c23-22(24,25)21(27)13-18(15-9-5-2-6-10-15)17-11-19(21)16(12-20(17)26)14-7-3-1-4-8-14/h1-10,16-19,27H,11-13H2/t16-,17+,18-,19+,21+/m0/s1. The van der Waals surface area contributed by atoms with Crippen molar-refractivity contribution in [2.75, 3.05) is 0 Å². The molecule has 0 radical (unpaired) electrons. The molecule has 1 N–H and O–H groups in total. The van der Waals surface area contributed by atoms with Crippen molar-refractivity contribution < 1.29 is 23.1 Å². The van der Waals surface area contributed by atoms with Gasteiger partial charge in [0.2, 0.25) is 0 Å². The molecule has 0 amide bonds. The fourth-order valence-corrected chi connectivity index (χ4v) is 5.05. The van der Waals surface area contributed by atoms with Crippen LogP contribution in [0.25, 0.3) is 0 Å². The van der Waals surface area contributed by atoms with Crippen LogP contribution in [0.15, 0.2) is 60.7 Å². The molecule has 2 aliphatic carbocycles. The van der Waals surface area contributed by atoms with Crippen LogP contribution in [0.5, 0.6) is 0 Å². The molecule has 2 aromatic carbocycles. The van der Waals surface area contributed by atoms with E-state index in [1.54, 1.807) is 60.7 Å². The predicted octanol–water partition coefficient (Wildman–Crippen LogP) is 4.85. The maximum Gasteiger partial charge on any atom is 0.417 e. The first-order valence-corrected chi connectivity index (χ1v) is 9.23. The van der Waals surface area contributed by atoms with Crippen LogP contribution in [0.2, 0.25) is 0 Å². The Labute approximate surface area is 156 Å². The van der Waals surface area contributed by atoms with E-state index in [1.807, 2.05) is 0 Å². The van der Waals surface area contributed by atoms with Gasteiger partial charge in [-0.2, -0.15) is 13.2 Å². The van der Waals surface area contributed by atoms with Crippen molar-refractivity contribution in [1.29, 1.82) is 0 Å². The third-order valence-electron chi connectivity index (χ3n) is 6.40. The second-order valence-corrected chi connectivity index (χ2v) is 7.78. The van der Waals surface area contributed by atoms with Crippen LogP contribution in [0.3, 0.4) is 0 Å². The average Bonchev–Trinajstić information content (AvgIpc) is 2.66. The number of benzene rings is 2. The minimum atomic E-state index is -4.75. The maximum atomic E-state index is 14.1. The van der Waals surface area contributed by atoms with Crippen LogP contribution in [-0.2, 0) is 4.79 Å². The molecular weight excluding hydrogens is 353 g/mol. The molecule has 2 nitrogen and oxygen atoms in total. The number of hydrogen-bond acceptors (Lipinski definition) is 2. The highest BCUT2D eigenvalue weighted by atomic mass is 19.4. The van der Waals surface area contributed by atoms with Gasteiger partial charge in [0.05, 0.1) is 0 Å². The number of fused-ring (bicyclic) bond motifs is 2. The Morgan fingerprint density at radius 3 is 1.89 bits per heavy atom. The van der Waals surface area contributed by atoms with Gasteiger partial charge in [-0.3, -0.25) is 4.79 Å². The number of rotatable bonds is 2. The summed E-state index contributed by atoms with van der Waals surface area (Å²) in [5.41, 5.74) is -1.42. The van der Waals surface area contributed by atoms with Gasteiger partial charge >= 0.3 is 6.18 Å². The van der Waals surface area contributed by atoms with Gasteiger partial charge in [-0.15, -0.1) is 0 Å². The van der Waals surface area contributed by atoms with Crippen molar-refractivity contribution in [2.24, 2.45) is 11.8 Å². The summed E-state index contributed by atoms with van der Waals surface area (Å²) in [7, 11) is 0. The van der Waals surface area contributed by atoms with Gasteiger partial charge in [-0.05, 0) is 35.8 Å². The third kappa shape index (κ3) is 2.98. The fourth-order valence-electron chi connectivity index (χ4n) is 5.05. The zero-order chi connectivity index (χ0) is 19.2. The van der Waals surface area contributed by atoms with Crippen molar-refractivity contribution in [1.82, 2.24) is 0 Å². The maximum absolute atomic E-state index is 14.1. The Kier molecular flexibility index (Phi) is 4.38. The highest BCUT2D eigenvalue weighted by Crippen LogP contribution is 2.59. The Morgan fingerprint density at radius 1 is 0.852 bits per heavy atom. The molecule has 0 aliphatic heterocycles. The first kappa shape index (κ1) is 18.2. The molecule has 0 aromatic heterocycles. The molecule has 0 spiro atoms. The summed E-state index contributed by atoms with van der Waals surface area (Å²) in [6.45, 7) is 0. The molecular formula is C22H21F3O2. The molecule has 5 atom stereocenters. The number of aliphatic hydroxyl groups is 1. The Bertz CT molecular complexity index is 781. The largest absolute Gasteiger partial charge is 0.417 e. The van der Waals surface area contributed by atoms with Crippen molar-refractivity contribution >= 4 is 5.78 Å². The number of carbonyl (C=O) groups is 1. The number of halogens is 3. The van der Waals surface area contributed by atoms with Crippen molar-refractivity contribution in [3.8, 4) is 0 Å². The molecule has 0 heterocycles. The number of hydrogen-bond donors (Lipinski definition) is 1. The van der Waals surface area contributed by atoms with Gasteiger partial charge < -0.3 is 5.11 Å². The molecule has 142 valence electrons. The van der Waals surface area contributed by atoms with Crippen LogP contribution in [-0.4, -0.2) is 22.7 Å².